The Morgan fingerprint density at radius 1 is 1.21 bits per heavy atom. The molecule has 0 fully saturated rings. The maximum atomic E-state index is 9.84. The number of aryl methyl sites for hydroxylation is 2. The van der Waals surface area contributed by atoms with E-state index in [-0.39, 0.29) is 0 Å². The van der Waals surface area contributed by atoms with Gasteiger partial charge in [-0.15, -0.1) is 0 Å². The van der Waals surface area contributed by atoms with Crippen molar-refractivity contribution in [1.82, 2.24) is 0 Å². The molecule has 1 atom stereocenters. The Hall–Kier alpha value is -0.820. The molecule has 0 radical (unpaired) electrons. The van der Waals surface area contributed by atoms with E-state index >= 15 is 0 Å². The summed E-state index contributed by atoms with van der Waals surface area (Å²) in [6.45, 7) is 6.02. The zero-order chi connectivity index (χ0) is 10.6. The highest BCUT2D eigenvalue weighted by atomic mass is 16.3. The Kier molecular flexibility index (Phi) is 3.70. The zero-order valence-corrected chi connectivity index (χ0v) is 9.38. The molecule has 1 nitrogen and oxygen atoms in total. The van der Waals surface area contributed by atoms with Gasteiger partial charge in [-0.25, -0.2) is 0 Å². The van der Waals surface area contributed by atoms with Crippen LogP contribution in [0, 0.1) is 6.92 Å². The van der Waals surface area contributed by atoms with Gasteiger partial charge in [0.1, 0.15) is 0 Å². The summed E-state index contributed by atoms with van der Waals surface area (Å²) in [4.78, 5) is 0. The Labute approximate surface area is 86.8 Å². The number of hydrogen-bond acceptors (Lipinski definition) is 1. The van der Waals surface area contributed by atoms with Crippen molar-refractivity contribution in [2.75, 3.05) is 0 Å². The molecule has 0 heterocycles. The van der Waals surface area contributed by atoms with E-state index in [2.05, 4.69) is 31.2 Å². The van der Waals surface area contributed by atoms with E-state index in [0.717, 1.165) is 19.3 Å². The average molecular weight is 192 g/mol. The van der Waals surface area contributed by atoms with Crippen LogP contribution in [0.3, 0.4) is 0 Å². The van der Waals surface area contributed by atoms with Crippen molar-refractivity contribution in [2.45, 2.75) is 45.6 Å². The van der Waals surface area contributed by atoms with Crippen LogP contribution in [0.1, 0.15) is 37.8 Å². The summed E-state index contributed by atoms with van der Waals surface area (Å²) in [5, 5.41) is 9.84. The Balaban J connectivity index is 2.50. The third kappa shape index (κ3) is 3.51. The van der Waals surface area contributed by atoms with Crippen molar-refractivity contribution in [3.8, 4) is 0 Å². The van der Waals surface area contributed by atoms with Gasteiger partial charge in [0.2, 0.25) is 0 Å². The van der Waals surface area contributed by atoms with E-state index in [1.165, 1.54) is 11.1 Å². The van der Waals surface area contributed by atoms with Crippen molar-refractivity contribution in [3.63, 3.8) is 0 Å². The van der Waals surface area contributed by atoms with Crippen molar-refractivity contribution < 1.29 is 5.11 Å². The Bertz CT molecular complexity index is 272. The number of aliphatic hydroxyl groups is 1. The van der Waals surface area contributed by atoms with E-state index < -0.39 is 5.60 Å². The highest BCUT2D eigenvalue weighted by Gasteiger charge is 2.16. The maximum absolute atomic E-state index is 9.84. The fraction of sp³-hybridized carbons (Fsp3) is 0.538. The van der Waals surface area contributed by atoms with E-state index in [1.807, 2.05) is 13.8 Å². The minimum Gasteiger partial charge on any atom is -0.390 e. The van der Waals surface area contributed by atoms with E-state index in [9.17, 15) is 5.11 Å². The fourth-order valence-corrected chi connectivity index (χ4v) is 1.35. The molecule has 1 aromatic rings. The monoisotopic (exact) mass is 192 g/mol. The highest BCUT2D eigenvalue weighted by molar-refractivity contribution is 5.21. The molecule has 0 amide bonds. The van der Waals surface area contributed by atoms with Crippen molar-refractivity contribution in [1.29, 1.82) is 0 Å². The molecule has 0 aromatic heterocycles. The second-order valence-electron chi connectivity index (χ2n) is 4.34. The quantitative estimate of drug-likeness (QED) is 0.777. The van der Waals surface area contributed by atoms with Gasteiger partial charge in [-0.3, -0.25) is 0 Å². The third-order valence-corrected chi connectivity index (χ3v) is 2.83. The van der Waals surface area contributed by atoms with Crippen molar-refractivity contribution in [2.24, 2.45) is 0 Å². The van der Waals surface area contributed by atoms with Crippen LogP contribution >= 0.6 is 0 Å². The molecule has 1 unspecified atom stereocenters. The van der Waals surface area contributed by atoms with Gasteiger partial charge in [-0.05, 0) is 38.7 Å². The Morgan fingerprint density at radius 3 is 2.29 bits per heavy atom. The summed E-state index contributed by atoms with van der Waals surface area (Å²) in [5.41, 5.74) is 2.09. The fourth-order valence-electron chi connectivity index (χ4n) is 1.35. The molecule has 0 bridgehead atoms. The third-order valence-electron chi connectivity index (χ3n) is 2.83. The van der Waals surface area contributed by atoms with Crippen LogP contribution in [0.4, 0.5) is 0 Å². The first-order valence-corrected chi connectivity index (χ1v) is 5.31. The molecular formula is C13H20O. The number of rotatable bonds is 4. The predicted molar refractivity (Wildman–Crippen MR) is 60.4 cm³/mol. The second-order valence-corrected chi connectivity index (χ2v) is 4.34. The van der Waals surface area contributed by atoms with Gasteiger partial charge in [0, 0.05) is 0 Å². The first kappa shape index (κ1) is 11.3. The second kappa shape index (κ2) is 4.61. The van der Waals surface area contributed by atoms with Crippen LogP contribution < -0.4 is 0 Å². The SMILES string of the molecule is CCC(C)(O)CCc1ccc(C)cc1. The standard InChI is InChI=1S/C13H20O/c1-4-13(3,14)10-9-12-7-5-11(2)6-8-12/h5-8,14H,4,9-10H2,1-3H3. The molecule has 1 heteroatoms. The van der Waals surface area contributed by atoms with E-state index in [0.29, 0.717) is 0 Å². The van der Waals surface area contributed by atoms with Gasteiger partial charge in [0.05, 0.1) is 5.60 Å². The van der Waals surface area contributed by atoms with E-state index in [4.69, 9.17) is 0 Å². The highest BCUT2D eigenvalue weighted by Crippen LogP contribution is 2.17. The lowest BCUT2D eigenvalue weighted by atomic mass is 9.94. The molecule has 78 valence electrons. The smallest absolute Gasteiger partial charge is 0.0620 e. The summed E-state index contributed by atoms with van der Waals surface area (Å²) in [6, 6.07) is 8.52. The lowest BCUT2D eigenvalue weighted by Gasteiger charge is -2.20. The zero-order valence-electron chi connectivity index (χ0n) is 9.38. The minimum atomic E-state index is -0.509. The summed E-state index contributed by atoms with van der Waals surface area (Å²) >= 11 is 0. The largest absolute Gasteiger partial charge is 0.390 e. The van der Waals surface area contributed by atoms with Crippen LogP contribution in [0.5, 0.6) is 0 Å². The molecular weight excluding hydrogens is 172 g/mol. The topological polar surface area (TPSA) is 20.2 Å². The normalized spacial score (nSPS) is 15.1. The molecule has 0 aliphatic carbocycles. The number of benzene rings is 1. The summed E-state index contributed by atoms with van der Waals surface area (Å²) in [6.07, 6.45) is 2.62. The van der Waals surface area contributed by atoms with E-state index in [1.54, 1.807) is 0 Å². The van der Waals surface area contributed by atoms with Crippen molar-refractivity contribution >= 4 is 0 Å². The van der Waals surface area contributed by atoms with Crippen molar-refractivity contribution in [3.05, 3.63) is 35.4 Å². The molecule has 0 aliphatic rings. The van der Waals surface area contributed by atoms with Gasteiger partial charge >= 0.3 is 0 Å². The lowest BCUT2D eigenvalue weighted by molar-refractivity contribution is 0.0473. The molecule has 1 rings (SSSR count). The molecule has 14 heavy (non-hydrogen) atoms. The van der Waals surface area contributed by atoms with Crippen LogP contribution in [0.25, 0.3) is 0 Å². The van der Waals surface area contributed by atoms with Gasteiger partial charge in [-0.2, -0.15) is 0 Å². The molecule has 0 saturated heterocycles. The molecule has 0 saturated carbocycles. The maximum Gasteiger partial charge on any atom is 0.0620 e. The Morgan fingerprint density at radius 2 is 1.79 bits per heavy atom. The van der Waals surface area contributed by atoms with Crippen LogP contribution in [-0.2, 0) is 6.42 Å². The van der Waals surface area contributed by atoms with Gasteiger partial charge in [0.15, 0.2) is 0 Å². The van der Waals surface area contributed by atoms with Gasteiger partial charge < -0.3 is 5.11 Å². The molecule has 1 aromatic carbocycles. The van der Waals surface area contributed by atoms with Gasteiger partial charge in [-0.1, -0.05) is 36.8 Å². The van der Waals surface area contributed by atoms with Gasteiger partial charge in [0.25, 0.3) is 0 Å². The molecule has 0 spiro atoms. The summed E-state index contributed by atoms with van der Waals surface area (Å²) in [7, 11) is 0. The average Bonchev–Trinajstić information content (AvgIpc) is 2.17. The first-order chi connectivity index (χ1) is 6.53. The molecule has 1 N–H and O–H groups in total. The summed E-state index contributed by atoms with van der Waals surface area (Å²) < 4.78 is 0. The molecule has 0 aliphatic heterocycles. The number of hydrogen-bond donors (Lipinski definition) is 1. The minimum absolute atomic E-state index is 0.509. The summed E-state index contributed by atoms with van der Waals surface area (Å²) in [5.74, 6) is 0. The van der Waals surface area contributed by atoms with Crippen LogP contribution in [0.15, 0.2) is 24.3 Å². The lowest BCUT2D eigenvalue weighted by Crippen LogP contribution is -2.23. The van der Waals surface area contributed by atoms with Crippen LogP contribution in [-0.4, -0.2) is 10.7 Å². The predicted octanol–water partition coefficient (Wildman–Crippen LogP) is 3.09. The first-order valence-electron chi connectivity index (χ1n) is 5.31. The van der Waals surface area contributed by atoms with Crippen LogP contribution in [0.2, 0.25) is 0 Å².